The van der Waals surface area contributed by atoms with Crippen LogP contribution in [0, 0.1) is 13.8 Å². The van der Waals surface area contributed by atoms with Crippen molar-refractivity contribution in [1.29, 1.82) is 0 Å². The maximum absolute atomic E-state index is 12.9. The van der Waals surface area contributed by atoms with Crippen LogP contribution in [0.25, 0.3) is 22.2 Å². The predicted octanol–water partition coefficient (Wildman–Crippen LogP) is 6.29. The minimum Gasteiger partial charge on any atom is -0.360 e. The fourth-order valence-corrected chi connectivity index (χ4v) is 4.54. The molecule has 0 radical (unpaired) electrons. The van der Waals surface area contributed by atoms with Gasteiger partial charge in [0.25, 0.3) is 5.91 Å². The van der Waals surface area contributed by atoms with Crippen LogP contribution in [-0.4, -0.2) is 52.3 Å². The third kappa shape index (κ3) is 6.71. The molecule has 0 unspecified atom stereocenters. The Morgan fingerprint density at radius 3 is 2.45 bits per heavy atom. The largest absolute Gasteiger partial charge is 0.360 e. The number of likely N-dealkylation sites (N-methyl/N-ethyl adjacent to an activating group) is 1. The molecule has 5 aromatic rings. The molecule has 0 atom stereocenters. The Morgan fingerprint density at radius 1 is 0.905 bits per heavy atom. The molecule has 2 heterocycles. The summed E-state index contributed by atoms with van der Waals surface area (Å²) < 4.78 is 0. The third-order valence-electron chi connectivity index (χ3n) is 6.68. The van der Waals surface area contributed by atoms with E-state index in [9.17, 15) is 9.59 Å². The van der Waals surface area contributed by atoms with Gasteiger partial charge in [-0.3, -0.25) is 9.59 Å². The van der Waals surface area contributed by atoms with Gasteiger partial charge in [0, 0.05) is 64.1 Å². The second kappa shape index (κ2) is 12.5. The fourth-order valence-electron chi connectivity index (χ4n) is 4.54. The summed E-state index contributed by atoms with van der Waals surface area (Å²) in [4.78, 5) is 39.6. The first kappa shape index (κ1) is 28.3. The highest BCUT2D eigenvalue weighted by atomic mass is 16.2. The van der Waals surface area contributed by atoms with E-state index in [1.165, 1.54) is 11.6 Å². The van der Waals surface area contributed by atoms with E-state index in [4.69, 9.17) is 4.98 Å². The number of nitrogens with one attached hydrogen (secondary N) is 4. The highest BCUT2D eigenvalue weighted by molar-refractivity contribution is 6.05. The molecule has 3 aromatic carbocycles. The SMILES string of the molecule is Cc1cnc(Nc2cccc(NC(=O)c3ccc(NC(=O)/C=C/CN(C)C)cc3)c2)nc1-c1c[nH]c2c(C)cccc12. The van der Waals surface area contributed by atoms with Gasteiger partial charge in [-0.25, -0.2) is 9.97 Å². The number of fused-ring (bicyclic) bond motifs is 1. The first-order valence-corrected chi connectivity index (χ1v) is 13.6. The molecule has 0 bridgehead atoms. The van der Waals surface area contributed by atoms with E-state index in [1.807, 2.05) is 62.4 Å². The standard InChI is InChI=1S/C33H33N7O2/c1-21-8-5-11-27-28(20-34-30(21)27)31-22(2)19-35-33(39-31)38-26-10-6-9-25(18-26)37-32(42)23-13-15-24(16-14-23)36-29(41)12-7-17-40(3)4/h5-16,18-20,34H,17H2,1-4H3,(H,36,41)(H,37,42)(H,35,38,39)/b12-7+. The lowest BCUT2D eigenvalue weighted by Crippen LogP contribution is -2.13. The first-order valence-electron chi connectivity index (χ1n) is 13.6. The fraction of sp³-hybridized carbons (Fsp3) is 0.152. The number of nitrogens with zero attached hydrogens (tertiary/aromatic N) is 3. The van der Waals surface area contributed by atoms with Gasteiger partial charge in [0.1, 0.15) is 0 Å². The van der Waals surface area contributed by atoms with Crippen molar-refractivity contribution in [3.05, 3.63) is 108 Å². The molecule has 2 amide bonds. The highest BCUT2D eigenvalue weighted by Crippen LogP contribution is 2.31. The maximum Gasteiger partial charge on any atom is 0.255 e. The lowest BCUT2D eigenvalue weighted by Gasteiger charge is -2.11. The van der Waals surface area contributed by atoms with E-state index in [2.05, 4.69) is 45.0 Å². The van der Waals surface area contributed by atoms with Gasteiger partial charge in [-0.2, -0.15) is 0 Å². The van der Waals surface area contributed by atoms with Gasteiger partial charge in [-0.1, -0.05) is 30.3 Å². The van der Waals surface area contributed by atoms with Crippen LogP contribution in [0.4, 0.5) is 23.0 Å². The number of amides is 2. The van der Waals surface area contributed by atoms with Crippen molar-refractivity contribution in [2.24, 2.45) is 0 Å². The van der Waals surface area contributed by atoms with Crippen molar-refractivity contribution in [3.8, 4) is 11.3 Å². The first-order chi connectivity index (χ1) is 20.3. The van der Waals surface area contributed by atoms with Crippen LogP contribution in [0.2, 0.25) is 0 Å². The quantitative estimate of drug-likeness (QED) is 0.158. The van der Waals surface area contributed by atoms with Crippen molar-refractivity contribution in [1.82, 2.24) is 19.9 Å². The molecule has 0 saturated carbocycles. The summed E-state index contributed by atoms with van der Waals surface area (Å²) in [6, 6.07) is 20.3. The van der Waals surface area contributed by atoms with Crippen molar-refractivity contribution in [2.45, 2.75) is 13.8 Å². The summed E-state index contributed by atoms with van der Waals surface area (Å²) in [6.07, 6.45) is 7.07. The van der Waals surface area contributed by atoms with E-state index in [1.54, 1.807) is 36.5 Å². The predicted molar refractivity (Wildman–Crippen MR) is 169 cm³/mol. The third-order valence-corrected chi connectivity index (χ3v) is 6.68. The Hall–Kier alpha value is -5.28. The average molecular weight is 560 g/mol. The molecule has 0 aliphatic rings. The number of rotatable bonds is 9. The smallest absolute Gasteiger partial charge is 0.255 e. The summed E-state index contributed by atoms with van der Waals surface area (Å²) in [7, 11) is 3.86. The molecule has 0 fully saturated rings. The number of benzene rings is 3. The zero-order valence-corrected chi connectivity index (χ0v) is 24.0. The van der Waals surface area contributed by atoms with Crippen molar-refractivity contribution < 1.29 is 9.59 Å². The number of H-pyrrole nitrogens is 1. The van der Waals surface area contributed by atoms with Crippen LogP contribution < -0.4 is 16.0 Å². The lowest BCUT2D eigenvalue weighted by molar-refractivity contribution is -0.111. The van der Waals surface area contributed by atoms with Crippen LogP contribution >= 0.6 is 0 Å². The number of carbonyl (C=O) groups is 2. The van der Waals surface area contributed by atoms with Crippen LogP contribution in [0.3, 0.4) is 0 Å². The van der Waals surface area contributed by atoms with Gasteiger partial charge in [0.15, 0.2) is 0 Å². The van der Waals surface area contributed by atoms with Gasteiger partial charge >= 0.3 is 0 Å². The van der Waals surface area contributed by atoms with Gasteiger partial charge in [0.2, 0.25) is 11.9 Å². The number of aryl methyl sites for hydroxylation is 2. The van der Waals surface area contributed by atoms with Crippen LogP contribution in [0.1, 0.15) is 21.5 Å². The van der Waals surface area contributed by atoms with Crippen molar-refractivity contribution in [2.75, 3.05) is 36.6 Å². The number of hydrogen-bond donors (Lipinski definition) is 4. The minimum atomic E-state index is -0.264. The highest BCUT2D eigenvalue weighted by Gasteiger charge is 2.13. The van der Waals surface area contributed by atoms with Gasteiger partial charge < -0.3 is 25.8 Å². The number of anilines is 4. The number of carbonyl (C=O) groups excluding carboxylic acids is 2. The van der Waals surface area contributed by atoms with Gasteiger partial charge in [-0.05, 0) is 81.5 Å². The summed E-state index contributed by atoms with van der Waals surface area (Å²) in [6.45, 7) is 4.75. The molecule has 212 valence electrons. The Morgan fingerprint density at radius 2 is 1.67 bits per heavy atom. The molecule has 4 N–H and O–H groups in total. The van der Waals surface area contributed by atoms with Crippen molar-refractivity contribution in [3.63, 3.8) is 0 Å². The molecule has 0 aliphatic heterocycles. The van der Waals surface area contributed by atoms with E-state index in [0.29, 0.717) is 29.4 Å². The summed E-state index contributed by atoms with van der Waals surface area (Å²) in [5.74, 6) is -0.0331. The van der Waals surface area contributed by atoms with E-state index in [-0.39, 0.29) is 11.8 Å². The van der Waals surface area contributed by atoms with Gasteiger partial charge in [-0.15, -0.1) is 0 Å². The van der Waals surface area contributed by atoms with Crippen LogP contribution in [0.5, 0.6) is 0 Å². The summed E-state index contributed by atoms with van der Waals surface area (Å²) in [5, 5.41) is 10.1. The molecule has 0 aliphatic carbocycles. The summed E-state index contributed by atoms with van der Waals surface area (Å²) >= 11 is 0. The normalized spacial score (nSPS) is 11.3. The van der Waals surface area contributed by atoms with E-state index in [0.717, 1.165) is 33.4 Å². The second-order valence-corrected chi connectivity index (χ2v) is 10.3. The molecule has 5 rings (SSSR count). The minimum absolute atomic E-state index is 0.223. The Bertz CT molecular complexity index is 1770. The average Bonchev–Trinajstić information content (AvgIpc) is 3.40. The van der Waals surface area contributed by atoms with Crippen LogP contribution in [0.15, 0.2) is 91.3 Å². The number of aromatic amines is 1. The molecule has 0 saturated heterocycles. The Labute approximate surface area is 244 Å². The van der Waals surface area contributed by atoms with Gasteiger partial charge in [0.05, 0.1) is 5.69 Å². The summed E-state index contributed by atoms with van der Waals surface area (Å²) in [5.41, 5.74) is 7.53. The Balaban J connectivity index is 1.25. The lowest BCUT2D eigenvalue weighted by atomic mass is 10.1. The molecular weight excluding hydrogens is 526 g/mol. The molecular formula is C33H33N7O2. The zero-order valence-electron chi connectivity index (χ0n) is 24.0. The van der Waals surface area contributed by atoms with E-state index >= 15 is 0 Å². The molecule has 9 nitrogen and oxygen atoms in total. The van der Waals surface area contributed by atoms with Crippen LogP contribution in [-0.2, 0) is 4.79 Å². The topological polar surface area (TPSA) is 115 Å². The number of hydrogen-bond acceptors (Lipinski definition) is 6. The number of para-hydroxylation sites is 1. The molecule has 9 heteroatoms. The van der Waals surface area contributed by atoms with E-state index < -0.39 is 0 Å². The maximum atomic E-state index is 12.9. The monoisotopic (exact) mass is 559 g/mol. The molecule has 42 heavy (non-hydrogen) atoms. The molecule has 2 aromatic heterocycles. The second-order valence-electron chi connectivity index (χ2n) is 10.3. The number of aromatic nitrogens is 3. The zero-order chi connectivity index (χ0) is 29.6. The Kier molecular flexibility index (Phi) is 8.40. The van der Waals surface area contributed by atoms with Crippen molar-refractivity contribution >= 4 is 45.7 Å². The molecule has 0 spiro atoms.